The number of aromatic carboxylic acids is 1. The minimum atomic E-state index is -1.16. The molecule has 7 heteroatoms. The van der Waals surface area contributed by atoms with Crippen LogP contribution in [0.4, 0.5) is 5.69 Å². The van der Waals surface area contributed by atoms with E-state index < -0.39 is 5.97 Å². The summed E-state index contributed by atoms with van der Waals surface area (Å²) in [7, 11) is 3.57. The van der Waals surface area contributed by atoms with Crippen molar-refractivity contribution in [2.75, 3.05) is 19.0 Å². The maximum Gasteiger partial charge on any atom is 0.356 e. The number of aromatic nitrogens is 1. The molecule has 1 N–H and O–H groups in total. The number of hydrogen-bond acceptors (Lipinski definition) is 5. The van der Waals surface area contributed by atoms with Crippen molar-refractivity contribution < 1.29 is 14.7 Å². The second-order valence-electron chi connectivity index (χ2n) is 4.55. The molecule has 1 aliphatic heterocycles. The lowest BCUT2D eigenvalue weighted by Crippen LogP contribution is -2.15. The number of pyridine rings is 1. The largest absolute Gasteiger partial charge is 0.476 e. The summed E-state index contributed by atoms with van der Waals surface area (Å²) in [6.45, 7) is 1.85. The van der Waals surface area contributed by atoms with Crippen LogP contribution in [0.3, 0.4) is 0 Å². The molecule has 2 rings (SSSR count). The molecule has 0 bridgehead atoms. The van der Waals surface area contributed by atoms with Gasteiger partial charge in [-0.15, -0.1) is 0 Å². The molecule has 6 nitrogen and oxygen atoms in total. The highest BCUT2D eigenvalue weighted by Gasteiger charge is 2.26. The van der Waals surface area contributed by atoms with Crippen molar-refractivity contribution in [3.63, 3.8) is 0 Å². The van der Waals surface area contributed by atoms with E-state index in [4.69, 9.17) is 21.5 Å². The second-order valence-corrected chi connectivity index (χ2v) is 4.93. The smallest absolute Gasteiger partial charge is 0.356 e. The summed E-state index contributed by atoms with van der Waals surface area (Å²) in [6.07, 6.45) is 0.245. The lowest BCUT2D eigenvalue weighted by Gasteiger charge is -2.18. The molecule has 0 aliphatic carbocycles. The Morgan fingerprint density at radius 2 is 2.26 bits per heavy atom. The number of rotatable bonds is 3. The number of carboxylic acids is 1. The van der Waals surface area contributed by atoms with Crippen LogP contribution in [0.5, 0.6) is 0 Å². The molecule has 1 aromatic heterocycles. The third kappa shape index (κ3) is 2.63. The number of nitrogens with zero attached hydrogens (tertiary/aromatic N) is 3. The molecule has 0 aromatic carbocycles. The lowest BCUT2D eigenvalue weighted by atomic mass is 10.1. The van der Waals surface area contributed by atoms with Crippen molar-refractivity contribution in [1.82, 2.24) is 4.98 Å². The number of carboxylic acid groups (broad SMARTS) is 1. The van der Waals surface area contributed by atoms with E-state index in [0.29, 0.717) is 17.8 Å². The minimum absolute atomic E-state index is 0.122. The molecule has 0 saturated carbocycles. The molecule has 1 unspecified atom stereocenters. The Hall–Kier alpha value is -1.82. The number of halogens is 1. The van der Waals surface area contributed by atoms with Crippen LogP contribution in [0.15, 0.2) is 11.2 Å². The van der Waals surface area contributed by atoms with E-state index >= 15 is 0 Å². The van der Waals surface area contributed by atoms with Gasteiger partial charge in [0.1, 0.15) is 0 Å². The van der Waals surface area contributed by atoms with E-state index in [1.165, 1.54) is 0 Å². The van der Waals surface area contributed by atoms with Crippen molar-refractivity contribution in [2.45, 2.75) is 19.4 Å². The molecule has 0 amide bonds. The zero-order valence-electron chi connectivity index (χ0n) is 10.8. The van der Waals surface area contributed by atoms with Crippen LogP contribution in [0.2, 0.25) is 5.02 Å². The first-order valence-corrected chi connectivity index (χ1v) is 6.08. The van der Waals surface area contributed by atoms with Crippen LogP contribution in [-0.2, 0) is 4.84 Å². The van der Waals surface area contributed by atoms with Crippen LogP contribution in [-0.4, -0.2) is 35.9 Å². The van der Waals surface area contributed by atoms with E-state index in [-0.39, 0.29) is 16.8 Å². The summed E-state index contributed by atoms with van der Waals surface area (Å²) in [4.78, 5) is 22.2. The van der Waals surface area contributed by atoms with Crippen molar-refractivity contribution in [1.29, 1.82) is 0 Å². The van der Waals surface area contributed by atoms with Gasteiger partial charge < -0.3 is 14.8 Å². The Morgan fingerprint density at radius 3 is 2.74 bits per heavy atom. The van der Waals surface area contributed by atoms with E-state index in [1.807, 2.05) is 6.92 Å². The number of carbonyl (C=O) groups is 1. The fraction of sp³-hybridized carbons (Fsp3) is 0.417. The Labute approximate surface area is 115 Å². The first-order chi connectivity index (χ1) is 8.90. The van der Waals surface area contributed by atoms with Crippen molar-refractivity contribution in [3.05, 3.63) is 22.5 Å². The van der Waals surface area contributed by atoms with Crippen LogP contribution >= 0.6 is 11.6 Å². The summed E-state index contributed by atoms with van der Waals surface area (Å²) in [5.74, 6) is -1.16. The van der Waals surface area contributed by atoms with Gasteiger partial charge in [-0.2, -0.15) is 0 Å². The summed E-state index contributed by atoms with van der Waals surface area (Å²) in [6, 6.07) is 1.73. The van der Waals surface area contributed by atoms with Gasteiger partial charge in [-0.1, -0.05) is 16.8 Å². The highest BCUT2D eigenvalue weighted by atomic mass is 35.5. The van der Waals surface area contributed by atoms with Crippen molar-refractivity contribution in [3.8, 4) is 0 Å². The second kappa shape index (κ2) is 5.05. The molecule has 0 spiro atoms. The van der Waals surface area contributed by atoms with E-state index in [1.54, 1.807) is 25.1 Å². The normalized spacial score (nSPS) is 17.9. The van der Waals surface area contributed by atoms with Gasteiger partial charge in [0.05, 0.1) is 22.1 Å². The summed E-state index contributed by atoms with van der Waals surface area (Å²) in [5, 5.41) is 13.1. The Kier molecular flexibility index (Phi) is 3.61. The van der Waals surface area contributed by atoms with Gasteiger partial charge in [0.15, 0.2) is 11.8 Å². The monoisotopic (exact) mass is 283 g/mol. The number of anilines is 1. The summed E-state index contributed by atoms with van der Waals surface area (Å²) in [5.41, 5.74) is 1.80. The van der Waals surface area contributed by atoms with Gasteiger partial charge in [-0.25, -0.2) is 9.78 Å². The predicted molar refractivity (Wildman–Crippen MR) is 72.1 cm³/mol. The summed E-state index contributed by atoms with van der Waals surface area (Å²) >= 11 is 6.05. The highest BCUT2D eigenvalue weighted by Crippen LogP contribution is 2.33. The molecule has 1 atom stereocenters. The minimum Gasteiger partial charge on any atom is -0.476 e. The molecule has 102 valence electrons. The fourth-order valence-corrected chi connectivity index (χ4v) is 2.17. The molecule has 0 saturated heterocycles. The van der Waals surface area contributed by atoms with Gasteiger partial charge in [0, 0.05) is 20.5 Å². The van der Waals surface area contributed by atoms with Crippen molar-refractivity contribution in [2.24, 2.45) is 5.16 Å². The standard InChI is InChI=1S/C12H14ClN3O3/c1-6-4-9(19-15-6)7-5-8(16(2)3)10(13)11(14-7)12(17)18/h5,9H,4H2,1-3H3,(H,17,18). The summed E-state index contributed by atoms with van der Waals surface area (Å²) < 4.78 is 0. The first kappa shape index (κ1) is 13.6. The molecule has 19 heavy (non-hydrogen) atoms. The maximum atomic E-state index is 11.2. The third-order valence-corrected chi connectivity index (χ3v) is 3.16. The Morgan fingerprint density at radius 1 is 1.58 bits per heavy atom. The Bertz CT molecular complexity index is 557. The average Bonchev–Trinajstić information content (AvgIpc) is 2.75. The van der Waals surface area contributed by atoms with E-state index in [9.17, 15) is 4.79 Å². The molecule has 2 heterocycles. The van der Waals surface area contributed by atoms with Crippen LogP contribution in [0.25, 0.3) is 0 Å². The van der Waals surface area contributed by atoms with Crippen molar-refractivity contribution >= 4 is 29.0 Å². The predicted octanol–water partition coefficient (Wildman–Crippen LogP) is 2.34. The number of oxime groups is 1. The SMILES string of the molecule is CC1=NOC(c2cc(N(C)C)c(Cl)c(C(=O)O)n2)C1. The molecular weight excluding hydrogens is 270 g/mol. The molecule has 0 radical (unpaired) electrons. The van der Waals surface area contributed by atoms with Gasteiger partial charge in [0.2, 0.25) is 0 Å². The van der Waals surface area contributed by atoms with Crippen LogP contribution in [0.1, 0.15) is 35.6 Å². The molecule has 1 aromatic rings. The van der Waals surface area contributed by atoms with Crippen LogP contribution < -0.4 is 4.90 Å². The fourth-order valence-electron chi connectivity index (χ4n) is 1.82. The molecule has 1 aliphatic rings. The first-order valence-electron chi connectivity index (χ1n) is 5.70. The highest BCUT2D eigenvalue weighted by molar-refractivity contribution is 6.35. The molecular formula is C12H14ClN3O3. The van der Waals surface area contributed by atoms with Gasteiger partial charge >= 0.3 is 5.97 Å². The zero-order chi connectivity index (χ0) is 14.2. The molecule has 0 fully saturated rings. The van der Waals surface area contributed by atoms with Gasteiger partial charge in [0.25, 0.3) is 0 Å². The third-order valence-electron chi connectivity index (χ3n) is 2.79. The zero-order valence-corrected chi connectivity index (χ0v) is 11.6. The topological polar surface area (TPSA) is 75.0 Å². The quantitative estimate of drug-likeness (QED) is 0.921. The Balaban J connectivity index is 2.48. The van der Waals surface area contributed by atoms with E-state index in [2.05, 4.69) is 10.1 Å². The lowest BCUT2D eigenvalue weighted by molar-refractivity contribution is 0.0683. The average molecular weight is 284 g/mol. The number of hydrogen-bond donors (Lipinski definition) is 1. The maximum absolute atomic E-state index is 11.2. The van der Waals surface area contributed by atoms with E-state index in [0.717, 1.165) is 5.71 Å². The van der Waals surface area contributed by atoms with Gasteiger partial charge in [-0.05, 0) is 13.0 Å². The van der Waals surface area contributed by atoms with Crippen LogP contribution in [0, 0.1) is 0 Å². The van der Waals surface area contributed by atoms with Gasteiger partial charge in [-0.3, -0.25) is 0 Å².